The molecule has 1 aliphatic rings. The van der Waals surface area contributed by atoms with E-state index >= 15 is 0 Å². The average Bonchev–Trinajstić information content (AvgIpc) is 3.05. The number of benzene rings is 2. The second-order valence-corrected chi connectivity index (χ2v) is 9.53. The number of ether oxygens (including phenoxy) is 2. The van der Waals surface area contributed by atoms with Crippen LogP contribution in [0.15, 0.2) is 47.4 Å². The van der Waals surface area contributed by atoms with Gasteiger partial charge in [0.25, 0.3) is 0 Å². The van der Waals surface area contributed by atoms with Crippen molar-refractivity contribution in [2.45, 2.75) is 24.3 Å². The zero-order valence-electron chi connectivity index (χ0n) is 18.9. The summed E-state index contributed by atoms with van der Waals surface area (Å²) < 4.78 is 51.9. The normalized spacial score (nSPS) is 15.2. The third kappa shape index (κ3) is 6.66. The third-order valence-corrected chi connectivity index (χ3v) is 7.05. The summed E-state index contributed by atoms with van der Waals surface area (Å²) in [5.41, 5.74) is 0.641. The minimum Gasteiger partial charge on any atom is -0.493 e. The van der Waals surface area contributed by atoms with E-state index < -0.39 is 10.0 Å². The van der Waals surface area contributed by atoms with Gasteiger partial charge in [-0.05, 0) is 24.6 Å². The number of nitrogens with zero attached hydrogens (tertiary/aromatic N) is 2. The van der Waals surface area contributed by atoms with Crippen molar-refractivity contribution in [1.82, 2.24) is 14.5 Å². The number of nitrogens with one attached hydrogen (secondary N) is 1. The molecule has 3 rings (SSSR count). The van der Waals surface area contributed by atoms with Crippen LogP contribution in [0.4, 0.5) is 4.39 Å². The van der Waals surface area contributed by atoms with Gasteiger partial charge < -0.3 is 14.4 Å². The van der Waals surface area contributed by atoms with Crippen LogP contribution in [0, 0.1) is 5.82 Å². The fourth-order valence-corrected chi connectivity index (χ4v) is 4.81. The quantitative estimate of drug-likeness (QED) is 0.594. The van der Waals surface area contributed by atoms with E-state index in [2.05, 4.69) is 9.62 Å². The van der Waals surface area contributed by atoms with Crippen LogP contribution < -0.4 is 14.2 Å². The summed E-state index contributed by atoms with van der Waals surface area (Å²) >= 11 is 0. The number of rotatable bonds is 9. The van der Waals surface area contributed by atoms with Gasteiger partial charge in [-0.1, -0.05) is 18.2 Å². The minimum absolute atomic E-state index is 0.00898. The lowest BCUT2D eigenvalue weighted by Gasteiger charge is -2.22. The summed E-state index contributed by atoms with van der Waals surface area (Å²) in [6, 6.07) is 11.0. The number of carbonyl (C=O) groups excluding carboxylic acids is 1. The molecule has 1 heterocycles. The van der Waals surface area contributed by atoms with E-state index in [9.17, 15) is 17.6 Å². The first kappa shape index (κ1) is 24.9. The Labute approximate surface area is 194 Å². The first-order chi connectivity index (χ1) is 15.8. The van der Waals surface area contributed by atoms with Gasteiger partial charge in [-0.15, -0.1) is 0 Å². The number of amides is 1. The molecule has 0 aliphatic carbocycles. The fraction of sp³-hybridized carbons (Fsp3) is 0.435. The van der Waals surface area contributed by atoms with Gasteiger partial charge in [0.05, 0.1) is 19.1 Å². The Hall–Kier alpha value is -2.69. The van der Waals surface area contributed by atoms with Crippen molar-refractivity contribution in [3.8, 4) is 11.5 Å². The Balaban J connectivity index is 1.50. The molecule has 180 valence electrons. The molecule has 1 N–H and O–H groups in total. The lowest BCUT2D eigenvalue weighted by Crippen LogP contribution is -2.37. The largest absolute Gasteiger partial charge is 0.493 e. The monoisotopic (exact) mass is 479 g/mol. The summed E-state index contributed by atoms with van der Waals surface area (Å²) in [6.45, 7) is 3.01. The standard InChI is InChI=1S/C23H30FN3O5S/c1-31-21-9-8-19(16-22(21)32-2)33(29,30)25-11-10-23(28)27-13-5-12-26(14-15-27)17-18-6-3-4-7-20(18)24/h3-4,6-9,16,25H,5,10-15,17H2,1-2H3. The molecule has 2 aromatic carbocycles. The molecule has 0 unspecified atom stereocenters. The molecule has 1 saturated heterocycles. The van der Waals surface area contributed by atoms with Crippen molar-refractivity contribution in [2.75, 3.05) is 46.9 Å². The lowest BCUT2D eigenvalue weighted by molar-refractivity contribution is -0.130. The zero-order valence-corrected chi connectivity index (χ0v) is 19.7. The highest BCUT2D eigenvalue weighted by Gasteiger charge is 2.21. The lowest BCUT2D eigenvalue weighted by atomic mass is 10.2. The predicted molar refractivity (Wildman–Crippen MR) is 122 cm³/mol. The van der Waals surface area contributed by atoms with Crippen LogP contribution in [0.25, 0.3) is 0 Å². The maximum atomic E-state index is 13.9. The Kier molecular flexibility index (Phi) is 8.65. The minimum atomic E-state index is -3.80. The number of hydrogen-bond donors (Lipinski definition) is 1. The molecule has 0 spiro atoms. The highest BCUT2D eigenvalue weighted by atomic mass is 32.2. The van der Waals surface area contributed by atoms with E-state index in [0.717, 1.165) is 13.0 Å². The Bertz CT molecular complexity index is 1060. The van der Waals surface area contributed by atoms with Gasteiger partial charge in [-0.3, -0.25) is 9.69 Å². The van der Waals surface area contributed by atoms with Crippen LogP contribution >= 0.6 is 0 Å². The van der Waals surface area contributed by atoms with Crippen molar-refractivity contribution < 1.29 is 27.1 Å². The molecule has 0 aromatic heterocycles. The highest BCUT2D eigenvalue weighted by molar-refractivity contribution is 7.89. The number of carbonyl (C=O) groups is 1. The maximum absolute atomic E-state index is 13.9. The molecule has 1 aliphatic heterocycles. The molecule has 0 saturated carbocycles. The van der Waals surface area contributed by atoms with E-state index in [1.54, 1.807) is 17.0 Å². The molecule has 8 nitrogen and oxygen atoms in total. The molecule has 0 atom stereocenters. The van der Waals surface area contributed by atoms with Gasteiger partial charge >= 0.3 is 0 Å². The van der Waals surface area contributed by atoms with Gasteiger partial charge in [-0.2, -0.15) is 0 Å². The van der Waals surface area contributed by atoms with Gasteiger partial charge in [0.15, 0.2) is 11.5 Å². The SMILES string of the molecule is COc1ccc(S(=O)(=O)NCCC(=O)N2CCCN(Cc3ccccc3F)CC2)cc1OC. The number of methoxy groups -OCH3 is 2. The van der Waals surface area contributed by atoms with Crippen LogP contribution in [-0.2, 0) is 21.4 Å². The molecular weight excluding hydrogens is 449 g/mol. The summed E-state index contributed by atoms with van der Waals surface area (Å²) in [7, 11) is -0.899. The number of hydrogen-bond acceptors (Lipinski definition) is 6. The molecule has 2 aromatic rings. The van der Waals surface area contributed by atoms with Gasteiger partial charge in [-0.25, -0.2) is 17.5 Å². The fourth-order valence-electron chi connectivity index (χ4n) is 3.76. The molecule has 10 heteroatoms. The summed E-state index contributed by atoms with van der Waals surface area (Å²) in [5.74, 6) is 0.395. The zero-order chi connectivity index (χ0) is 23.8. The predicted octanol–water partition coefficient (Wildman–Crippen LogP) is 2.25. The highest BCUT2D eigenvalue weighted by Crippen LogP contribution is 2.29. The molecule has 0 radical (unpaired) electrons. The molecule has 1 amide bonds. The van der Waals surface area contributed by atoms with Gasteiger partial charge in [0.1, 0.15) is 5.82 Å². The molecule has 0 bridgehead atoms. The molecular formula is C23H30FN3O5S. The molecule has 1 fully saturated rings. The first-order valence-corrected chi connectivity index (χ1v) is 12.3. The van der Waals surface area contributed by atoms with Crippen molar-refractivity contribution in [1.29, 1.82) is 0 Å². The van der Waals surface area contributed by atoms with Crippen LogP contribution in [0.3, 0.4) is 0 Å². The van der Waals surface area contributed by atoms with Crippen molar-refractivity contribution in [3.63, 3.8) is 0 Å². The first-order valence-electron chi connectivity index (χ1n) is 10.8. The van der Waals surface area contributed by atoms with E-state index in [1.807, 2.05) is 6.07 Å². The smallest absolute Gasteiger partial charge is 0.240 e. The second-order valence-electron chi connectivity index (χ2n) is 7.77. The summed E-state index contributed by atoms with van der Waals surface area (Å²) in [4.78, 5) is 16.6. The van der Waals surface area contributed by atoms with Crippen LogP contribution in [-0.4, -0.2) is 71.1 Å². The maximum Gasteiger partial charge on any atom is 0.240 e. The Morgan fingerprint density at radius 2 is 1.79 bits per heavy atom. The summed E-state index contributed by atoms with van der Waals surface area (Å²) in [5, 5.41) is 0. The van der Waals surface area contributed by atoms with E-state index in [0.29, 0.717) is 43.2 Å². The van der Waals surface area contributed by atoms with Crippen LogP contribution in [0.2, 0.25) is 0 Å². The number of sulfonamides is 1. The van der Waals surface area contributed by atoms with Crippen molar-refractivity contribution >= 4 is 15.9 Å². The average molecular weight is 480 g/mol. The van der Waals surface area contributed by atoms with Crippen molar-refractivity contribution in [3.05, 3.63) is 53.8 Å². The van der Waals surface area contributed by atoms with E-state index in [1.165, 1.54) is 38.5 Å². The summed E-state index contributed by atoms with van der Waals surface area (Å²) in [6.07, 6.45) is 0.831. The van der Waals surface area contributed by atoms with Crippen LogP contribution in [0.1, 0.15) is 18.4 Å². The van der Waals surface area contributed by atoms with Crippen LogP contribution in [0.5, 0.6) is 11.5 Å². The van der Waals surface area contributed by atoms with Crippen molar-refractivity contribution in [2.24, 2.45) is 0 Å². The molecule has 33 heavy (non-hydrogen) atoms. The van der Waals surface area contributed by atoms with Gasteiger partial charge in [0, 0.05) is 57.3 Å². The second kappa shape index (κ2) is 11.4. The third-order valence-electron chi connectivity index (χ3n) is 5.59. The Morgan fingerprint density at radius 1 is 1.03 bits per heavy atom. The number of halogens is 1. The van der Waals surface area contributed by atoms with E-state index in [-0.39, 0.29) is 29.6 Å². The van der Waals surface area contributed by atoms with Gasteiger partial charge in [0.2, 0.25) is 15.9 Å². The van der Waals surface area contributed by atoms with E-state index in [4.69, 9.17) is 9.47 Å². The Morgan fingerprint density at radius 3 is 2.52 bits per heavy atom. The topological polar surface area (TPSA) is 88.2 Å².